The molecule has 1 heterocycles. The largest absolute Gasteiger partial charge is 0.481 e. The third kappa shape index (κ3) is 4.71. The van der Waals surface area contributed by atoms with Crippen LogP contribution in [-0.4, -0.2) is 42.6 Å². The quantitative estimate of drug-likeness (QED) is 0.783. The summed E-state index contributed by atoms with van der Waals surface area (Å²) in [5, 5.41) is 0. The van der Waals surface area contributed by atoms with Gasteiger partial charge in [-0.15, -0.1) is 0 Å². The van der Waals surface area contributed by atoms with Crippen LogP contribution >= 0.6 is 0 Å². The van der Waals surface area contributed by atoms with Crippen LogP contribution in [0.15, 0.2) is 24.3 Å². The smallest absolute Gasteiger partial charge is 0.310 e. The van der Waals surface area contributed by atoms with Crippen molar-refractivity contribution in [1.82, 2.24) is 4.90 Å². The second-order valence-electron chi connectivity index (χ2n) is 5.95. The fourth-order valence-corrected chi connectivity index (χ4v) is 2.83. The van der Waals surface area contributed by atoms with Gasteiger partial charge in [0.05, 0.1) is 12.5 Å². The van der Waals surface area contributed by atoms with Crippen molar-refractivity contribution in [3.05, 3.63) is 29.8 Å². The molecular weight excluding hydrogens is 294 g/mol. The maximum Gasteiger partial charge on any atom is 0.310 e. The Kier molecular flexibility index (Phi) is 6.02. The number of carbonyl (C=O) groups is 2. The maximum absolute atomic E-state index is 12.6. The molecular formula is C18H25NO4. The molecule has 1 aliphatic heterocycles. The third-order valence-electron chi connectivity index (χ3n) is 4.00. The van der Waals surface area contributed by atoms with E-state index in [2.05, 4.69) is 0 Å². The Morgan fingerprint density at radius 1 is 1.39 bits per heavy atom. The standard InChI is InChI=1S/C18H25NO4/c1-4-22-18(21)15-8-6-10-19(12-15)17(20)14(3)23-16-9-5-7-13(2)11-16/h5,7,9,11,14-15H,4,6,8,10,12H2,1-3H3. The highest BCUT2D eigenvalue weighted by Gasteiger charge is 2.31. The van der Waals surface area contributed by atoms with E-state index >= 15 is 0 Å². The molecule has 0 spiro atoms. The molecule has 1 fully saturated rings. The lowest BCUT2D eigenvalue weighted by atomic mass is 9.98. The molecule has 0 saturated carbocycles. The number of carbonyl (C=O) groups excluding carboxylic acids is 2. The number of ether oxygens (including phenoxy) is 2. The van der Waals surface area contributed by atoms with Gasteiger partial charge in [-0.3, -0.25) is 9.59 Å². The van der Waals surface area contributed by atoms with Crippen molar-refractivity contribution in [3.63, 3.8) is 0 Å². The third-order valence-corrected chi connectivity index (χ3v) is 4.00. The van der Waals surface area contributed by atoms with Crippen LogP contribution in [0.3, 0.4) is 0 Å². The number of aryl methyl sites for hydroxylation is 1. The molecule has 1 aromatic rings. The number of esters is 1. The zero-order valence-corrected chi connectivity index (χ0v) is 14.1. The summed E-state index contributed by atoms with van der Waals surface area (Å²) >= 11 is 0. The molecule has 2 unspecified atom stereocenters. The van der Waals surface area contributed by atoms with Crippen molar-refractivity contribution in [3.8, 4) is 5.75 Å². The number of nitrogens with zero attached hydrogens (tertiary/aromatic N) is 1. The Balaban J connectivity index is 1.94. The number of amides is 1. The first kappa shape index (κ1) is 17.3. The van der Waals surface area contributed by atoms with Crippen LogP contribution in [0.4, 0.5) is 0 Å². The number of piperidine rings is 1. The van der Waals surface area contributed by atoms with E-state index in [0.717, 1.165) is 18.4 Å². The van der Waals surface area contributed by atoms with Crippen LogP contribution in [0.1, 0.15) is 32.3 Å². The van der Waals surface area contributed by atoms with E-state index in [4.69, 9.17) is 9.47 Å². The highest BCUT2D eigenvalue weighted by Crippen LogP contribution is 2.20. The summed E-state index contributed by atoms with van der Waals surface area (Å²) in [6.07, 6.45) is 1.01. The van der Waals surface area contributed by atoms with Gasteiger partial charge >= 0.3 is 5.97 Å². The van der Waals surface area contributed by atoms with Crippen LogP contribution in [0.25, 0.3) is 0 Å². The lowest BCUT2D eigenvalue weighted by molar-refractivity contribution is -0.152. The topological polar surface area (TPSA) is 55.8 Å². The lowest BCUT2D eigenvalue weighted by Gasteiger charge is -2.33. The normalized spacial score (nSPS) is 19.1. The van der Waals surface area contributed by atoms with E-state index < -0.39 is 6.10 Å². The van der Waals surface area contributed by atoms with Crippen LogP contribution in [0, 0.1) is 12.8 Å². The van der Waals surface area contributed by atoms with Crippen molar-refractivity contribution < 1.29 is 19.1 Å². The Morgan fingerprint density at radius 2 is 2.17 bits per heavy atom. The summed E-state index contributed by atoms with van der Waals surface area (Å²) in [5.41, 5.74) is 1.09. The lowest BCUT2D eigenvalue weighted by Crippen LogP contribution is -2.47. The molecule has 5 nitrogen and oxygen atoms in total. The summed E-state index contributed by atoms with van der Waals surface area (Å²) < 4.78 is 10.8. The number of benzene rings is 1. The highest BCUT2D eigenvalue weighted by atomic mass is 16.5. The first-order chi connectivity index (χ1) is 11.0. The molecule has 126 valence electrons. The van der Waals surface area contributed by atoms with Gasteiger partial charge in [0, 0.05) is 13.1 Å². The number of likely N-dealkylation sites (tertiary alicyclic amines) is 1. The number of hydrogen-bond acceptors (Lipinski definition) is 4. The summed E-state index contributed by atoms with van der Waals surface area (Å²) in [6.45, 7) is 6.97. The monoisotopic (exact) mass is 319 g/mol. The first-order valence-electron chi connectivity index (χ1n) is 8.20. The second kappa shape index (κ2) is 7.99. The van der Waals surface area contributed by atoms with Gasteiger partial charge in [-0.25, -0.2) is 0 Å². The average molecular weight is 319 g/mol. The summed E-state index contributed by atoms with van der Waals surface area (Å²) in [7, 11) is 0. The van der Waals surface area contributed by atoms with Crippen LogP contribution in [0.5, 0.6) is 5.75 Å². The summed E-state index contributed by atoms with van der Waals surface area (Å²) in [4.78, 5) is 26.1. The van der Waals surface area contributed by atoms with Crippen molar-refractivity contribution in [2.75, 3.05) is 19.7 Å². The van der Waals surface area contributed by atoms with E-state index in [1.54, 1.807) is 18.7 Å². The van der Waals surface area contributed by atoms with E-state index in [0.29, 0.717) is 25.4 Å². The Hall–Kier alpha value is -2.04. The molecule has 1 aliphatic rings. The summed E-state index contributed by atoms with van der Waals surface area (Å²) in [6, 6.07) is 7.63. The average Bonchev–Trinajstić information content (AvgIpc) is 2.54. The van der Waals surface area contributed by atoms with Gasteiger partial charge < -0.3 is 14.4 Å². The fourth-order valence-electron chi connectivity index (χ4n) is 2.83. The van der Waals surface area contributed by atoms with Gasteiger partial charge in [-0.2, -0.15) is 0 Å². The molecule has 0 N–H and O–H groups in total. The minimum absolute atomic E-state index is 0.0829. The van der Waals surface area contributed by atoms with Gasteiger partial charge in [0.25, 0.3) is 5.91 Å². The van der Waals surface area contributed by atoms with Gasteiger partial charge in [0.1, 0.15) is 5.75 Å². The molecule has 2 rings (SSSR count). The fraction of sp³-hybridized carbons (Fsp3) is 0.556. The van der Waals surface area contributed by atoms with Crippen molar-refractivity contribution in [2.45, 2.75) is 39.7 Å². The predicted molar refractivity (Wildman–Crippen MR) is 87.2 cm³/mol. The Morgan fingerprint density at radius 3 is 2.87 bits per heavy atom. The van der Waals surface area contributed by atoms with Gasteiger partial charge in [-0.1, -0.05) is 12.1 Å². The van der Waals surface area contributed by atoms with Crippen LogP contribution < -0.4 is 4.74 Å². The van der Waals surface area contributed by atoms with Crippen molar-refractivity contribution in [2.24, 2.45) is 5.92 Å². The zero-order chi connectivity index (χ0) is 16.8. The molecule has 1 saturated heterocycles. The molecule has 0 aliphatic carbocycles. The SMILES string of the molecule is CCOC(=O)C1CCCN(C(=O)C(C)Oc2cccc(C)c2)C1. The molecule has 1 aromatic carbocycles. The Labute approximate surface area is 137 Å². The zero-order valence-electron chi connectivity index (χ0n) is 14.1. The van der Waals surface area contributed by atoms with Gasteiger partial charge in [0.15, 0.2) is 6.10 Å². The van der Waals surface area contributed by atoms with E-state index in [9.17, 15) is 9.59 Å². The second-order valence-corrected chi connectivity index (χ2v) is 5.95. The van der Waals surface area contributed by atoms with Crippen molar-refractivity contribution in [1.29, 1.82) is 0 Å². The Bertz CT molecular complexity index is 558. The number of hydrogen-bond donors (Lipinski definition) is 0. The summed E-state index contributed by atoms with van der Waals surface area (Å²) in [5.74, 6) is 0.168. The van der Waals surface area contributed by atoms with E-state index in [1.165, 1.54) is 0 Å². The van der Waals surface area contributed by atoms with E-state index in [1.807, 2.05) is 31.2 Å². The van der Waals surface area contributed by atoms with Gasteiger partial charge in [-0.05, 0) is 51.3 Å². The maximum atomic E-state index is 12.6. The molecule has 5 heteroatoms. The molecule has 0 aromatic heterocycles. The van der Waals surface area contributed by atoms with E-state index in [-0.39, 0.29) is 17.8 Å². The van der Waals surface area contributed by atoms with Crippen LogP contribution in [-0.2, 0) is 14.3 Å². The molecule has 23 heavy (non-hydrogen) atoms. The molecule has 2 atom stereocenters. The van der Waals surface area contributed by atoms with Crippen LogP contribution in [0.2, 0.25) is 0 Å². The minimum atomic E-state index is -0.572. The molecule has 1 amide bonds. The molecule has 0 radical (unpaired) electrons. The van der Waals surface area contributed by atoms with Gasteiger partial charge in [0.2, 0.25) is 0 Å². The van der Waals surface area contributed by atoms with Crippen molar-refractivity contribution >= 4 is 11.9 Å². The predicted octanol–water partition coefficient (Wildman–Crippen LogP) is 2.56. The molecule has 0 bridgehead atoms. The number of rotatable bonds is 5. The highest BCUT2D eigenvalue weighted by molar-refractivity contribution is 5.82. The minimum Gasteiger partial charge on any atom is -0.481 e. The first-order valence-corrected chi connectivity index (χ1v) is 8.20.